The van der Waals surface area contributed by atoms with Crippen molar-refractivity contribution in [2.75, 3.05) is 0 Å². The van der Waals surface area contributed by atoms with Crippen LogP contribution in [0, 0.1) is 0 Å². The molecule has 0 amide bonds. The Morgan fingerprint density at radius 2 is 1.70 bits per heavy atom. The summed E-state index contributed by atoms with van der Waals surface area (Å²) < 4.78 is 0. The van der Waals surface area contributed by atoms with Gasteiger partial charge < -0.3 is 9.90 Å². The standard InChI is InChI=1S/C4H6O3.2CH3.Au/c1-3(5)2-4(6)7;;;/h2H2,1H3,(H,6,7);2*1H3;/q;;;+1/p-1. The molecule has 0 saturated carbocycles. The second-order valence-electron chi connectivity index (χ2n) is 1.55. The van der Waals surface area contributed by atoms with E-state index in [4.69, 9.17) is 0 Å². The number of aliphatic carboxylic acids is 1. The molecule has 0 N–H and O–H groups in total. The second kappa shape index (κ2) is 8.88. The number of carboxylic acid groups (broad SMARTS) is 1. The number of carbonyl (C=O) groups excluding carboxylic acids is 2. The van der Waals surface area contributed by atoms with Gasteiger partial charge in [-0.2, -0.15) is 0 Å². The quantitative estimate of drug-likeness (QED) is 0.525. The molecule has 0 aromatic carbocycles. The maximum absolute atomic E-state index is 9.83. The van der Waals surface area contributed by atoms with Gasteiger partial charge in [-0.15, -0.1) is 0 Å². The number of ketones is 1. The number of carboxylic acids is 1. The second-order valence-corrected chi connectivity index (χ2v) is 3.72. The van der Waals surface area contributed by atoms with Crippen molar-refractivity contribution in [2.24, 2.45) is 0 Å². The molecule has 0 spiro atoms. The Balaban J connectivity index is 0. The molecule has 10 heavy (non-hydrogen) atoms. The topological polar surface area (TPSA) is 57.2 Å². The van der Waals surface area contributed by atoms with Gasteiger partial charge in [0, 0.05) is 12.4 Å². The van der Waals surface area contributed by atoms with Gasteiger partial charge in [0.15, 0.2) is 0 Å². The molecule has 4 heteroatoms. The van der Waals surface area contributed by atoms with Crippen molar-refractivity contribution < 1.29 is 34.4 Å². The van der Waals surface area contributed by atoms with Gasteiger partial charge in [0.25, 0.3) is 0 Å². The number of carbonyl (C=O) groups is 2. The maximum atomic E-state index is 9.83. The third-order valence-electron chi connectivity index (χ3n) is 0.393. The molecule has 0 aromatic rings. The molecule has 0 radical (unpaired) electrons. The summed E-state index contributed by atoms with van der Waals surface area (Å²) in [7, 11) is 0. The third kappa shape index (κ3) is 24.8. The molecular formula is C6H11AuO3. The van der Waals surface area contributed by atoms with Crippen molar-refractivity contribution in [2.45, 2.75) is 23.6 Å². The molecule has 0 unspecified atom stereocenters. The fraction of sp³-hybridized carbons (Fsp3) is 0.667. The number of rotatable bonds is 2. The summed E-state index contributed by atoms with van der Waals surface area (Å²) in [6.07, 6.45) is -0.472. The van der Waals surface area contributed by atoms with Crippen LogP contribution >= 0.6 is 0 Å². The van der Waals surface area contributed by atoms with Crippen LogP contribution in [0.25, 0.3) is 0 Å². The monoisotopic (exact) mass is 328 g/mol. The predicted molar refractivity (Wildman–Crippen MR) is 32.0 cm³/mol. The summed E-state index contributed by atoms with van der Waals surface area (Å²) >= 11 is 0.667. The van der Waals surface area contributed by atoms with E-state index in [0.717, 1.165) is 0 Å². The van der Waals surface area contributed by atoms with Crippen LogP contribution in [-0.2, 0) is 29.3 Å². The van der Waals surface area contributed by atoms with Crippen LogP contribution in [0.1, 0.15) is 13.3 Å². The van der Waals surface area contributed by atoms with Crippen LogP contribution in [0.4, 0.5) is 0 Å². The van der Waals surface area contributed by atoms with Gasteiger partial charge in [0.05, 0.1) is 0 Å². The van der Waals surface area contributed by atoms with Gasteiger partial charge in [-0.05, 0) is 6.92 Å². The molecule has 0 aliphatic heterocycles. The van der Waals surface area contributed by atoms with E-state index in [9.17, 15) is 14.7 Å². The molecular weight excluding hydrogens is 317 g/mol. The Bertz CT molecular complexity index is 99.6. The molecule has 3 nitrogen and oxygen atoms in total. The molecule has 0 aromatic heterocycles. The molecule has 0 aliphatic carbocycles. The number of hydrogen-bond donors (Lipinski definition) is 0. The van der Waals surface area contributed by atoms with Crippen molar-refractivity contribution in [1.82, 2.24) is 0 Å². The first-order chi connectivity index (χ1) is 4.54. The zero-order chi connectivity index (χ0) is 8.57. The SMILES string of the molecule is CC(=O)CC(=O)[O-].[CH3][Au+][CH3]. The Kier molecular flexibility index (Phi) is 11.1. The Hall–Kier alpha value is -0.120. The van der Waals surface area contributed by atoms with E-state index in [-0.39, 0.29) is 5.78 Å². The average molecular weight is 328 g/mol. The Morgan fingerprint density at radius 3 is 1.70 bits per heavy atom. The fourth-order valence-electron chi connectivity index (χ4n) is 0.203. The minimum absolute atomic E-state index is 0.375. The zero-order valence-corrected chi connectivity index (χ0v) is 8.40. The summed E-state index contributed by atoms with van der Waals surface area (Å²) in [4.78, 5) is 19.3. The molecule has 0 atom stereocenters. The van der Waals surface area contributed by atoms with Crippen LogP contribution in [-0.4, -0.2) is 11.8 Å². The molecule has 0 aliphatic rings. The van der Waals surface area contributed by atoms with Crippen molar-refractivity contribution in [3.05, 3.63) is 0 Å². The van der Waals surface area contributed by atoms with Crippen LogP contribution in [0.5, 0.6) is 0 Å². The van der Waals surface area contributed by atoms with Gasteiger partial charge in [0.1, 0.15) is 5.78 Å². The van der Waals surface area contributed by atoms with Gasteiger partial charge >= 0.3 is 30.0 Å². The van der Waals surface area contributed by atoms with Crippen molar-refractivity contribution in [3.63, 3.8) is 0 Å². The zero-order valence-electron chi connectivity index (χ0n) is 6.23. The molecule has 0 heterocycles. The van der Waals surface area contributed by atoms with E-state index >= 15 is 0 Å². The summed E-state index contributed by atoms with van der Waals surface area (Å²) in [6, 6.07) is 0. The summed E-state index contributed by atoms with van der Waals surface area (Å²) in [5.41, 5.74) is 0. The molecule has 0 saturated heterocycles. The van der Waals surface area contributed by atoms with Crippen molar-refractivity contribution >= 4 is 11.8 Å². The minimum atomic E-state index is -1.31. The molecule has 0 fully saturated rings. The van der Waals surface area contributed by atoms with E-state index in [1.165, 1.54) is 6.92 Å². The third-order valence-corrected chi connectivity index (χ3v) is 0.393. The van der Waals surface area contributed by atoms with Crippen LogP contribution in [0.3, 0.4) is 0 Å². The number of Topliss-reactive ketones (excluding diaryl/α,β-unsaturated/α-hetero) is 1. The van der Waals surface area contributed by atoms with Crippen molar-refractivity contribution in [1.29, 1.82) is 0 Å². The van der Waals surface area contributed by atoms with E-state index in [2.05, 4.69) is 10.3 Å². The first-order valence-corrected chi connectivity index (χ1v) is 6.76. The average Bonchev–Trinajstić information content (AvgIpc) is 1.62. The summed E-state index contributed by atoms with van der Waals surface area (Å²) in [5, 5.41) is 13.9. The fourth-order valence-corrected chi connectivity index (χ4v) is 0.203. The normalized spacial score (nSPS) is 7.90. The summed E-state index contributed by atoms with van der Waals surface area (Å²) in [6.45, 7) is 1.20. The predicted octanol–water partition coefficient (Wildman–Crippen LogP) is -0.120. The van der Waals surface area contributed by atoms with Gasteiger partial charge in [-0.1, -0.05) is 0 Å². The van der Waals surface area contributed by atoms with E-state index < -0.39 is 12.4 Å². The summed E-state index contributed by atoms with van der Waals surface area (Å²) in [5.74, 6) is -1.69. The molecule has 0 rings (SSSR count). The Labute approximate surface area is 70.1 Å². The van der Waals surface area contributed by atoms with E-state index in [0.29, 0.717) is 19.8 Å². The molecule has 64 valence electrons. The number of hydrogen-bond acceptors (Lipinski definition) is 3. The molecule has 0 bridgehead atoms. The van der Waals surface area contributed by atoms with Gasteiger partial charge in [-0.25, -0.2) is 0 Å². The van der Waals surface area contributed by atoms with E-state index in [1.807, 2.05) is 0 Å². The first kappa shape index (κ1) is 12.5. The van der Waals surface area contributed by atoms with Crippen LogP contribution in [0.2, 0.25) is 10.3 Å². The van der Waals surface area contributed by atoms with Gasteiger partial charge in [0.2, 0.25) is 0 Å². The van der Waals surface area contributed by atoms with Gasteiger partial charge in [-0.3, -0.25) is 4.79 Å². The first-order valence-electron chi connectivity index (χ1n) is 2.42. The van der Waals surface area contributed by atoms with Crippen molar-refractivity contribution in [3.8, 4) is 0 Å². The van der Waals surface area contributed by atoms with Crippen LogP contribution in [0.15, 0.2) is 0 Å². The Morgan fingerprint density at radius 1 is 1.40 bits per heavy atom. The van der Waals surface area contributed by atoms with E-state index in [1.54, 1.807) is 0 Å². The van der Waals surface area contributed by atoms with Crippen LogP contribution < -0.4 is 5.11 Å².